The van der Waals surface area contributed by atoms with Crippen LogP contribution in [0.1, 0.15) is 30.8 Å². The molecule has 2 aromatic rings. The number of para-hydroxylation sites is 1. The van der Waals surface area contributed by atoms with E-state index in [1.807, 2.05) is 38.1 Å². The smallest absolute Gasteiger partial charge is 0.137 e. The minimum atomic E-state index is -0.589. The van der Waals surface area contributed by atoms with Crippen LogP contribution in [0.5, 0.6) is 0 Å². The van der Waals surface area contributed by atoms with Crippen molar-refractivity contribution >= 4 is 11.0 Å². The lowest BCUT2D eigenvalue weighted by Gasteiger charge is -2.06. The first-order chi connectivity index (χ1) is 8.22. The highest BCUT2D eigenvalue weighted by Gasteiger charge is 2.13. The predicted octanol–water partition coefficient (Wildman–Crippen LogP) is 3.20. The first-order valence-electron chi connectivity index (χ1n) is 5.97. The Morgan fingerprint density at radius 3 is 2.94 bits per heavy atom. The Balaban J connectivity index is 2.16. The second-order valence-corrected chi connectivity index (χ2v) is 4.14. The molecule has 0 aliphatic carbocycles. The summed E-state index contributed by atoms with van der Waals surface area (Å²) in [5, 5.41) is 11.0. The fourth-order valence-corrected chi connectivity index (χ4v) is 1.87. The zero-order valence-corrected chi connectivity index (χ0v) is 10.3. The van der Waals surface area contributed by atoms with Gasteiger partial charge in [-0.3, -0.25) is 0 Å². The van der Waals surface area contributed by atoms with Gasteiger partial charge in [-0.05, 0) is 25.5 Å². The van der Waals surface area contributed by atoms with Gasteiger partial charge < -0.3 is 14.3 Å². The van der Waals surface area contributed by atoms with E-state index in [2.05, 4.69) is 0 Å². The van der Waals surface area contributed by atoms with Gasteiger partial charge in [0.15, 0.2) is 0 Å². The maximum atomic E-state index is 9.97. The molecule has 0 saturated heterocycles. The number of aliphatic hydroxyl groups excluding tert-OH is 1. The summed E-state index contributed by atoms with van der Waals surface area (Å²) in [4.78, 5) is 0. The quantitative estimate of drug-likeness (QED) is 0.808. The Morgan fingerprint density at radius 2 is 2.24 bits per heavy atom. The molecular weight excluding hydrogens is 216 g/mol. The Labute approximate surface area is 101 Å². The molecule has 1 unspecified atom stereocenters. The van der Waals surface area contributed by atoms with E-state index >= 15 is 0 Å². The van der Waals surface area contributed by atoms with Gasteiger partial charge in [0, 0.05) is 25.0 Å². The first-order valence-corrected chi connectivity index (χ1v) is 5.97. The van der Waals surface area contributed by atoms with E-state index in [1.165, 1.54) is 0 Å². The number of ether oxygens (including phenoxy) is 1. The van der Waals surface area contributed by atoms with Crippen LogP contribution in [0.2, 0.25) is 0 Å². The van der Waals surface area contributed by atoms with E-state index in [1.54, 1.807) is 0 Å². The van der Waals surface area contributed by atoms with E-state index in [4.69, 9.17) is 9.15 Å². The van der Waals surface area contributed by atoms with Gasteiger partial charge in [0.1, 0.15) is 17.4 Å². The minimum absolute atomic E-state index is 0.549. The standard InChI is InChI=1S/C14H18O3/c1-3-16-8-7-12(15)13-9-11-6-4-5-10(2)14(11)17-13/h4-6,9,12,15H,3,7-8H2,1-2H3. The van der Waals surface area contributed by atoms with Crippen molar-refractivity contribution in [2.24, 2.45) is 0 Å². The van der Waals surface area contributed by atoms with Crippen molar-refractivity contribution in [3.05, 3.63) is 35.6 Å². The summed E-state index contributed by atoms with van der Waals surface area (Å²) in [5.41, 5.74) is 1.95. The topological polar surface area (TPSA) is 42.6 Å². The first kappa shape index (κ1) is 12.1. The summed E-state index contributed by atoms with van der Waals surface area (Å²) in [6, 6.07) is 7.88. The fourth-order valence-electron chi connectivity index (χ4n) is 1.87. The molecule has 2 rings (SSSR count). The lowest BCUT2D eigenvalue weighted by Crippen LogP contribution is -2.02. The van der Waals surface area contributed by atoms with Gasteiger partial charge >= 0.3 is 0 Å². The minimum Gasteiger partial charge on any atom is -0.458 e. The summed E-state index contributed by atoms with van der Waals surface area (Å²) in [6.45, 7) is 5.17. The van der Waals surface area contributed by atoms with Crippen molar-refractivity contribution in [1.82, 2.24) is 0 Å². The zero-order chi connectivity index (χ0) is 12.3. The molecule has 0 fully saturated rings. The van der Waals surface area contributed by atoms with Crippen molar-refractivity contribution in [3.8, 4) is 0 Å². The SMILES string of the molecule is CCOCCC(O)c1cc2cccc(C)c2o1. The highest BCUT2D eigenvalue weighted by Crippen LogP contribution is 2.27. The Kier molecular flexibility index (Phi) is 3.82. The van der Waals surface area contributed by atoms with Gasteiger partial charge in [0.2, 0.25) is 0 Å². The Bertz CT molecular complexity index is 487. The number of hydrogen-bond acceptors (Lipinski definition) is 3. The lowest BCUT2D eigenvalue weighted by molar-refractivity contribution is 0.0781. The number of hydrogen-bond donors (Lipinski definition) is 1. The molecule has 0 saturated carbocycles. The maximum Gasteiger partial charge on any atom is 0.137 e. The number of rotatable bonds is 5. The molecular formula is C14H18O3. The molecule has 0 aliphatic rings. The second kappa shape index (κ2) is 5.34. The molecule has 1 N–H and O–H groups in total. The Hall–Kier alpha value is -1.32. The van der Waals surface area contributed by atoms with Crippen LogP contribution < -0.4 is 0 Å². The molecule has 1 aromatic heterocycles. The predicted molar refractivity (Wildman–Crippen MR) is 67.0 cm³/mol. The van der Waals surface area contributed by atoms with Gasteiger partial charge in [-0.25, -0.2) is 0 Å². The second-order valence-electron chi connectivity index (χ2n) is 4.14. The number of benzene rings is 1. The highest BCUT2D eigenvalue weighted by atomic mass is 16.5. The molecule has 0 aliphatic heterocycles. The van der Waals surface area contributed by atoms with Crippen molar-refractivity contribution in [1.29, 1.82) is 0 Å². The molecule has 3 heteroatoms. The van der Waals surface area contributed by atoms with Crippen LogP contribution in [0.15, 0.2) is 28.7 Å². The van der Waals surface area contributed by atoms with E-state index in [-0.39, 0.29) is 0 Å². The van der Waals surface area contributed by atoms with E-state index in [0.29, 0.717) is 25.4 Å². The summed E-state index contributed by atoms with van der Waals surface area (Å²) in [6.07, 6.45) is -0.0273. The fraction of sp³-hybridized carbons (Fsp3) is 0.429. The summed E-state index contributed by atoms with van der Waals surface area (Å²) < 4.78 is 10.9. The van der Waals surface area contributed by atoms with Crippen molar-refractivity contribution in [2.75, 3.05) is 13.2 Å². The van der Waals surface area contributed by atoms with Crippen LogP contribution in [0.25, 0.3) is 11.0 Å². The summed E-state index contributed by atoms with van der Waals surface area (Å²) >= 11 is 0. The third-order valence-corrected chi connectivity index (χ3v) is 2.83. The number of furan rings is 1. The molecule has 17 heavy (non-hydrogen) atoms. The van der Waals surface area contributed by atoms with Gasteiger partial charge in [0.25, 0.3) is 0 Å². The van der Waals surface area contributed by atoms with E-state index in [9.17, 15) is 5.11 Å². The highest BCUT2D eigenvalue weighted by molar-refractivity contribution is 5.80. The number of aryl methyl sites for hydroxylation is 1. The molecule has 0 spiro atoms. The molecule has 0 radical (unpaired) electrons. The number of fused-ring (bicyclic) bond motifs is 1. The maximum absolute atomic E-state index is 9.97. The monoisotopic (exact) mass is 234 g/mol. The van der Waals surface area contributed by atoms with Crippen molar-refractivity contribution in [2.45, 2.75) is 26.4 Å². The van der Waals surface area contributed by atoms with Crippen LogP contribution in [0, 0.1) is 6.92 Å². The zero-order valence-electron chi connectivity index (χ0n) is 10.3. The van der Waals surface area contributed by atoms with Gasteiger partial charge in [-0.2, -0.15) is 0 Å². The van der Waals surface area contributed by atoms with Crippen molar-refractivity contribution in [3.63, 3.8) is 0 Å². The molecule has 1 aromatic carbocycles. The normalized spacial score (nSPS) is 13.1. The summed E-state index contributed by atoms with van der Waals surface area (Å²) in [5.74, 6) is 0.619. The average molecular weight is 234 g/mol. The van der Waals surface area contributed by atoms with Crippen LogP contribution >= 0.6 is 0 Å². The van der Waals surface area contributed by atoms with Gasteiger partial charge in [-0.15, -0.1) is 0 Å². The molecule has 0 amide bonds. The van der Waals surface area contributed by atoms with Crippen LogP contribution in [-0.4, -0.2) is 18.3 Å². The molecule has 92 valence electrons. The lowest BCUT2D eigenvalue weighted by atomic mass is 10.1. The van der Waals surface area contributed by atoms with Crippen LogP contribution in [0.4, 0.5) is 0 Å². The molecule has 1 heterocycles. The largest absolute Gasteiger partial charge is 0.458 e. The van der Waals surface area contributed by atoms with Crippen LogP contribution in [0.3, 0.4) is 0 Å². The Morgan fingerprint density at radius 1 is 1.41 bits per heavy atom. The third-order valence-electron chi connectivity index (χ3n) is 2.83. The molecule has 0 bridgehead atoms. The van der Waals surface area contributed by atoms with Crippen LogP contribution in [-0.2, 0) is 4.74 Å². The average Bonchev–Trinajstić information content (AvgIpc) is 2.75. The van der Waals surface area contributed by atoms with Gasteiger partial charge in [-0.1, -0.05) is 18.2 Å². The third kappa shape index (κ3) is 2.68. The van der Waals surface area contributed by atoms with E-state index in [0.717, 1.165) is 16.5 Å². The summed E-state index contributed by atoms with van der Waals surface area (Å²) in [7, 11) is 0. The molecule has 1 atom stereocenters. The molecule has 3 nitrogen and oxygen atoms in total. The number of aliphatic hydroxyl groups is 1. The van der Waals surface area contributed by atoms with Crippen molar-refractivity contribution < 1.29 is 14.3 Å². The van der Waals surface area contributed by atoms with Gasteiger partial charge in [0.05, 0.1) is 0 Å². The van der Waals surface area contributed by atoms with E-state index < -0.39 is 6.10 Å².